The molecule has 30 heavy (non-hydrogen) atoms. The molecule has 1 heterocycles. The van der Waals surface area contributed by atoms with Gasteiger partial charge in [-0.05, 0) is 41.2 Å². The van der Waals surface area contributed by atoms with Crippen molar-refractivity contribution < 1.29 is 24.5 Å². The van der Waals surface area contributed by atoms with Gasteiger partial charge in [-0.1, -0.05) is 52.0 Å². The number of carboxylic acids is 1. The van der Waals surface area contributed by atoms with Crippen molar-refractivity contribution in [2.75, 3.05) is 0 Å². The van der Waals surface area contributed by atoms with Gasteiger partial charge >= 0.3 is 5.97 Å². The number of carboxylic acid groups (broad SMARTS) is 1. The third-order valence-electron chi connectivity index (χ3n) is 4.81. The summed E-state index contributed by atoms with van der Waals surface area (Å²) < 4.78 is 13.5. The molecule has 2 rings (SSSR count). The van der Waals surface area contributed by atoms with Crippen molar-refractivity contribution in [2.24, 2.45) is 0 Å². The van der Waals surface area contributed by atoms with Crippen LogP contribution >= 0.6 is 0 Å². The summed E-state index contributed by atoms with van der Waals surface area (Å²) in [5.41, 5.74) is 4.31. The van der Waals surface area contributed by atoms with Crippen molar-refractivity contribution in [1.29, 1.82) is 0 Å². The first-order chi connectivity index (χ1) is 14.1. The fourth-order valence-corrected chi connectivity index (χ4v) is 3.22. The molecule has 0 aliphatic rings. The molecule has 3 N–H and O–H groups in total. The van der Waals surface area contributed by atoms with E-state index in [0.29, 0.717) is 0 Å². The van der Waals surface area contributed by atoms with E-state index < -0.39 is 24.6 Å². The molecule has 0 fully saturated rings. The van der Waals surface area contributed by atoms with E-state index in [1.807, 2.05) is 19.9 Å². The molecule has 0 spiro atoms. The van der Waals surface area contributed by atoms with Crippen LogP contribution < -0.4 is 0 Å². The molecule has 1 aromatic heterocycles. The molecule has 0 radical (unpaired) electrons. The first kappa shape index (κ1) is 23.7. The summed E-state index contributed by atoms with van der Waals surface area (Å²) in [6.45, 7) is 8.19. The summed E-state index contributed by atoms with van der Waals surface area (Å²) in [6.07, 6.45) is 0.644. The summed E-state index contributed by atoms with van der Waals surface area (Å²) in [4.78, 5) is 15.5. The van der Waals surface area contributed by atoms with E-state index in [1.54, 1.807) is 18.2 Å². The Balaban J connectivity index is 2.49. The number of aliphatic carboxylic acids is 1. The van der Waals surface area contributed by atoms with E-state index in [4.69, 9.17) is 10.1 Å². The van der Waals surface area contributed by atoms with E-state index in [2.05, 4.69) is 13.8 Å². The number of rotatable bonds is 9. The van der Waals surface area contributed by atoms with Crippen molar-refractivity contribution in [2.45, 2.75) is 64.6 Å². The van der Waals surface area contributed by atoms with E-state index in [-0.39, 0.29) is 24.1 Å². The lowest BCUT2D eigenvalue weighted by molar-refractivity contribution is -0.139. The summed E-state index contributed by atoms with van der Waals surface area (Å²) in [6, 6.07) is 8.22. The van der Waals surface area contributed by atoms with Crippen LogP contribution in [0.25, 0.3) is 17.2 Å². The number of nitrogens with zero attached hydrogens (tertiary/aromatic N) is 1. The topological polar surface area (TPSA) is 90.7 Å². The molecule has 6 heteroatoms. The van der Waals surface area contributed by atoms with Gasteiger partial charge in [0.25, 0.3) is 0 Å². The van der Waals surface area contributed by atoms with Crippen molar-refractivity contribution in [3.05, 3.63) is 59.2 Å². The Kier molecular flexibility index (Phi) is 8.26. The zero-order chi connectivity index (χ0) is 22.4. The van der Waals surface area contributed by atoms with Crippen LogP contribution in [-0.2, 0) is 4.79 Å². The van der Waals surface area contributed by atoms with Crippen molar-refractivity contribution in [3.8, 4) is 11.1 Å². The number of carbonyl (C=O) groups is 1. The molecule has 2 aromatic rings. The van der Waals surface area contributed by atoms with Crippen LogP contribution in [0.1, 0.15) is 69.3 Å². The first-order valence-electron chi connectivity index (χ1n) is 10.1. The number of halogens is 1. The highest BCUT2D eigenvalue weighted by atomic mass is 19.1. The van der Waals surface area contributed by atoms with E-state index in [0.717, 1.165) is 28.1 Å². The Morgan fingerprint density at radius 2 is 1.73 bits per heavy atom. The van der Waals surface area contributed by atoms with Crippen LogP contribution in [0.5, 0.6) is 0 Å². The monoisotopic (exact) mass is 415 g/mol. The predicted octanol–water partition coefficient (Wildman–Crippen LogP) is 4.73. The van der Waals surface area contributed by atoms with E-state index >= 15 is 0 Å². The molecule has 0 aliphatic carbocycles. The van der Waals surface area contributed by atoms with E-state index in [1.165, 1.54) is 18.2 Å². The van der Waals surface area contributed by atoms with Gasteiger partial charge in [-0.3, -0.25) is 9.78 Å². The molecule has 2 unspecified atom stereocenters. The fraction of sp³-hybridized carbons (Fsp3) is 0.417. The van der Waals surface area contributed by atoms with Gasteiger partial charge < -0.3 is 15.3 Å². The predicted molar refractivity (Wildman–Crippen MR) is 116 cm³/mol. The molecule has 0 bridgehead atoms. The van der Waals surface area contributed by atoms with Gasteiger partial charge in [0.05, 0.1) is 24.3 Å². The lowest BCUT2D eigenvalue weighted by atomic mass is 9.91. The molecule has 5 nitrogen and oxygen atoms in total. The van der Waals surface area contributed by atoms with Crippen LogP contribution in [0.15, 0.2) is 36.4 Å². The van der Waals surface area contributed by atoms with Gasteiger partial charge in [0.1, 0.15) is 5.82 Å². The van der Waals surface area contributed by atoms with Gasteiger partial charge in [-0.15, -0.1) is 0 Å². The van der Waals surface area contributed by atoms with E-state index in [9.17, 15) is 19.4 Å². The number of benzene rings is 1. The molecule has 0 saturated carbocycles. The quantitative estimate of drug-likeness (QED) is 0.551. The average Bonchev–Trinajstić information content (AvgIpc) is 2.65. The van der Waals surface area contributed by atoms with Gasteiger partial charge in [0.15, 0.2) is 0 Å². The largest absolute Gasteiger partial charge is 0.481 e. The van der Waals surface area contributed by atoms with Gasteiger partial charge in [0, 0.05) is 17.7 Å². The fourth-order valence-electron chi connectivity index (χ4n) is 3.22. The van der Waals surface area contributed by atoms with Crippen molar-refractivity contribution in [1.82, 2.24) is 4.98 Å². The Bertz CT molecular complexity index is 891. The lowest BCUT2D eigenvalue weighted by Crippen LogP contribution is -2.19. The van der Waals surface area contributed by atoms with Gasteiger partial charge in [-0.25, -0.2) is 4.39 Å². The molecule has 2 atom stereocenters. The molecular weight excluding hydrogens is 385 g/mol. The number of hydrogen-bond donors (Lipinski definition) is 3. The van der Waals surface area contributed by atoms with Crippen molar-refractivity contribution in [3.63, 3.8) is 0 Å². The molecule has 0 amide bonds. The van der Waals surface area contributed by atoms with Gasteiger partial charge in [-0.2, -0.15) is 0 Å². The minimum Gasteiger partial charge on any atom is -0.481 e. The smallest absolute Gasteiger partial charge is 0.305 e. The highest BCUT2D eigenvalue weighted by Gasteiger charge is 2.18. The summed E-state index contributed by atoms with van der Waals surface area (Å²) in [5.74, 6) is -1.12. The Labute approximate surface area is 176 Å². The van der Waals surface area contributed by atoms with Crippen LogP contribution in [0.3, 0.4) is 0 Å². The maximum Gasteiger partial charge on any atom is 0.305 e. The second-order valence-corrected chi connectivity index (χ2v) is 8.12. The van der Waals surface area contributed by atoms with Crippen LogP contribution in [0.2, 0.25) is 0 Å². The third kappa shape index (κ3) is 6.47. The maximum atomic E-state index is 13.5. The summed E-state index contributed by atoms with van der Waals surface area (Å²) in [7, 11) is 0. The summed E-state index contributed by atoms with van der Waals surface area (Å²) >= 11 is 0. The van der Waals surface area contributed by atoms with Crippen LogP contribution in [0, 0.1) is 5.82 Å². The number of aromatic nitrogens is 1. The lowest BCUT2D eigenvalue weighted by Gasteiger charge is -2.19. The van der Waals surface area contributed by atoms with Crippen LogP contribution in [-0.4, -0.2) is 38.5 Å². The number of pyridine rings is 1. The molecule has 162 valence electrons. The normalized spacial score (nSPS) is 13.9. The van der Waals surface area contributed by atoms with Crippen molar-refractivity contribution >= 4 is 12.0 Å². The number of aliphatic hydroxyl groups is 2. The minimum absolute atomic E-state index is 0.0802. The molecule has 0 saturated heterocycles. The number of aliphatic hydroxyl groups excluding tert-OH is 2. The second kappa shape index (κ2) is 10.5. The third-order valence-corrected chi connectivity index (χ3v) is 4.81. The number of hydrogen-bond acceptors (Lipinski definition) is 4. The van der Waals surface area contributed by atoms with Crippen LogP contribution in [0.4, 0.5) is 4.39 Å². The first-order valence-corrected chi connectivity index (χ1v) is 10.1. The zero-order valence-corrected chi connectivity index (χ0v) is 17.8. The van der Waals surface area contributed by atoms with Gasteiger partial charge in [0.2, 0.25) is 0 Å². The zero-order valence-electron chi connectivity index (χ0n) is 17.8. The second-order valence-electron chi connectivity index (χ2n) is 8.12. The molecule has 0 aliphatic heterocycles. The Morgan fingerprint density at radius 1 is 1.10 bits per heavy atom. The molecule has 1 aromatic carbocycles. The average molecular weight is 416 g/mol. The summed E-state index contributed by atoms with van der Waals surface area (Å²) in [5, 5.41) is 28.8. The SMILES string of the molecule is CC(C)c1cc(-c2ccc(F)cc2)c(/C=C/C(O)CC(O)CC(=O)O)c(C(C)C)n1. The highest BCUT2D eigenvalue weighted by molar-refractivity contribution is 5.77. The standard InChI is InChI=1S/C24H30FNO4/c1-14(2)22-13-21(16-5-7-17(25)8-6-16)20(24(26-22)15(3)4)10-9-18(27)11-19(28)12-23(29)30/h5-10,13-15,18-19,27-28H,11-12H2,1-4H3,(H,29,30)/b10-9+. The Hall–Kier alpha value is -2.57. The maximum absolute atomic E-state index is 13.5. The highest BCUT2D eigenvalue weighted by Crippen LogP contribution is 2.33. The Morgan fingerprint density at radius 3 is 2.27 bits per heavy atom. The minimum atomic E-state index is -1.13. The molecular formula is C24H30FNO4.